The molecule has 2 aliphatic rings. The molecule has 0 aromatic carbocycles. The minimum absolute atomic E-state index is 0.0119. The Morgan fingerprint density at radius 2 is 2.12 bits per heavy atom. The molecule has 0 saturated heterocycles. The second-order valence-corrected chi connectivity index (χ2v) is 8.64. The number of hydrogen-bond acceptors (Lipinski definition) is 9. The molecule has 1 unspecified atom stereocenters. The van der Waals surface area contributed by atoms with Crippen LogP contribution in [-0.2, 0) is 30.4 Å². The van der Waals surface area contributed by atoms with Gasteiger partial charge in [0.05, 0.1) is 13.0 Å². The molecule has 1 aromatic heterocycles. The lowest BCUT2D eigenvalue weighted by atomic mass is 10.00. The minimum Gasteiger partial charge on any atom is -0.473 e. The zero-order valence-electron chi connectivity index (χ0n) is 18.3. The predicted molar refractivity (Wildman–Crippen MR) is 118 cm³/mol. The van der Waals surface area contributed by atoms with Crippen molar-refractivity contribution >= 4 is 36.3 Å². The van der Waals surface area contributed by atoms with E-state index in [-0.39, 0.29) is 43.2 Å². The summed E-state index contributed by atoms with van der Waals surface area (Å²) in [6.07, 6.45) is 4.57. The van der Waals surface area contributed by atoms with Gasteiger partial charge >= 0.3 is 5.97 Å². The maximum Gasteiger partial charge on any atom is 0.329 e. The number of thiol groups is 1. The van der Waals surface area contributed by atoms with Crippen LogP contribution in [0.15, 0.2) is 27.8 Å². The number of carbonyl (C=O) groups is 3. The summed E-state index contributed by atoms with van der Waals surface area (Å²) >= 11 is 4.16. The standard InChI is InChI=1S/C21H28N4O6S/c1-12(2)17-19(27)31-13(6-4-5-7-32)8-15(26)22-9-16-23-14(10-29-16)18-25-21(3,11-30-18)20(28)24-17/h4,6,10,12-13,17,32H,5,7-9,11H2,1-3H3,(H,22,26)(H,24,28)/b6-4+/t13?,17-,21-/m0/s1. The van der Waals surface area contributed by atoms with Crippen LogP contribution in [0.25, 0.3) is 0 Å². The molecule has 2 aliphatic heterocycles. The van der Waals surface area contributed by atoms with E-state index in [0.717, 1.165) is 0 Å². The number of allylic oxidation sites excluding steroid dienone is 1. The predicted octanol–water partition coefficient (Wildman–Crippen LogP) is 1.16. The van der Waals surface area contributed by atoms with Crippen LogP contribution in [0, 0.1) is 5.92 Å². The number of carbonyl (C=O) groups excluding carboxylic acids is 3. The number of esters is 1. The molecule has 3 atom stereocenters. The monoisotopic (exact) mass is 464 g/mol. The molecular weight excluding hydrogens is 436 g/mol. The van der Waals surface area contributed by atoms with Gasteiger partial charge in [0.15, 0.2) is 11.2 Å². The Morgan fingerprint density at radius 1 is 1.34 bits per heavy atom. The second kappa shape index (κ2) is 10.2. The second-order valence-electron chi connectivity index (χ2n) is 8.20. The fourth-order valence-electron chi connectivity index (χ4n) is 3.15. The first-order valence-corrected chi connectivity index (χ1v) is 11.1. The van der Waals surface area contributed by atoms with Gasteiger partial charge in [-0.25, -0.2) is 14.8 Å². The minimum atomic E-state index is -1.24. The summed E-state index contributed by atoms with van der Waals surface area (Å²) in [5.41, 5.74) is -0.913. The normalized spacial score (nSPS) is 27.0. The molecule has 0 fully saturated rings. The van der Waals surface area contributed by atoms with Gasteiger partial charge in [-0.1, -0.05) is 19.9 Å². The highest BCUT2D eigenvalue weighted by Gasteiger charge is 2.43. The van der Waals surface area contributed by atoms with E-state index in [4.69, 9.17) is 13.9 Å². The lowest BCUT2D eigenvalue weighted by Crippen LogP contribution is -2.53. The van der Waals surface area contributed by atoms with Crippen LogP contribution in [-0.4, -0.2) is 58.7 Å². The lowest BCUT2D eigenvalue weighted by Gasteiger charge is -2.26. The molecule has 11 heteroatoms. The summed E-state index contributed by atoms with van der Waals surface area (Å²) in [7, 11) is 0. The van der Waals surface area contributed by atoms with Crippen molar-refractivity contribution < 1.29 is 28.3 Å². The van der Waals surface area contributed by atoms with Gasteiger partial charge in [0.2, 0.25) is 17.7 Å². The zero-order chi connectivity index (χ0) is 23.3. The van der Waals surface area contributed by atoms with Gasteiger partial charge in [-0.3, -0.25) is 9.59 Å². The number of rotatable bonds is 4. The summed E-state index contributed by atoms with van der Waals surface area (Å²) < 4.78 is 16.6. The van der Waals surface area contributed by atoms with E-state index >= 15 is 0 Å². The highest BCUT2D eigenvalue weighted by molar-refractivity contribution is 7.80. The van der Waals surface area contributed by atoms with Gasteiger partial charge < -0.3 is 24.5 Å². The number of hydrogen-bond donors (Lipinski definition) is 3. The number of aromatic nitrogens is 1. The summed E-state index contributed by atoms with van der Waals surface area (Å²) in [5, 5.41) is 5.43. The molecule has 2 amide bonds. The van der Waals surface area contributed by atoms with Crippen LogP contribution >= 0.6 is 12.6 Å². The van der Waals surface area contributed by atoms with Gasteiger partial charge in [-0.2, -0.15) is 12.6 Å². The summed E-state index contributed by atoms with van der Waals surface area (Å²) in [6, 6.07) is -0.922. The van der Waals surface area contributed by atoms with Gasteiger partial charge in [0, 0.05) is 0 Å². The third-order valence-electron chi connectivity index (χ3n) is 5.04. The van der Waals surface area contributed by atoms with Gasteiger partial charge in [0.25, 0.3) is 5.91 Å². The first kappa shape index (κ1) is 23.8. The highest BCUT2D eigenvalue weighted by atomic mass is 32.1. The van der Waals surface area contributed by atoms with Crippen molar-refractivity contribution in [1.29, 1.82) is 0 Å². The summed E-state index contributed by atoms with van der Waals surface area (Å²) in [4.78, 5) is 47.0. The van der Waals surface area contributed by atoms with Crippen LogP contribution in [0.1, 0.15) is 45.2 Å². The molecule has 3 rings (SSSR count). The number of cyclic esters (lactones) is 1. The zero-order valence-corrected chi connectivity index (χ0v) is 19.2. The van der Waals surface area contributed by atoms with Gasteiger partial charge in [-0.15, -0.1) is 0 Å². The molecule has 4 bridgehead atoms. The average molecular weight is 465 g/mol. The Labute approximate surface area is 191 Å². The first-order chi connectivity index (χ1) is 15.2. The maximum atomic E-state index is 13.0. The van der Waals surface area contributed by atoms with Crippen LogP contribution in [0.3, 0.4) is 0 Å². The van der Waals surface area contributed by atoms with Crippen molar-refractivity contribution in [2.24, 2.45) is 10.9 Å². The molecule has 0 radical (unpaired) electrons. The van der Waals surface area contributed by atoms with Gasteiger partial charge in [-0.05, 0) is 31.1 Å². The van der Waals surface area contributed by atoms with Crippen molar-refractivity contribution in [3.8, 4) is 0 Å². The van der Waals surface area contributed by atoms with E-state index in [1.165, 1.54) is 6.26 Å². The van der Waals surface area contributed by atoms with E-state index in [1.807, 2.05) is 0 Å². The van der Waals surface area contributed by atoms with Gasteiger partial charge in [0.1, 0.15) is 25.0 Å². The molecule has 0 aliphatic carbocycles. The lowest BCUT2D eigenvalue weighted by molar-refractivity contribution is -0.153. The number of nitrogens with zero attached hydrogens (tertiary/aromatic N) is 2. The molecule has 1 aromatic rings. The molecule has 0 spiro atoms. The molecule has 2 N–H and O–H groups in total. The van der Waals surface area contributed by atoms with Crippen molar-refractivity contribution in [3.63, 3.8) is 0 Å². The number of nitrogens with one attached hydrogen (secondary N) is 2. The highest BCUT2D eigenvalue weighted by Crippen LogP contribution is 2.23. The Bertz CT molecular complexity index is 927. The van der Waals surface area contributed by atoms with E-state index in [1.54, 1.807) is 32.9 Å². The molecular formula is C21H28N4O6S. The molecule has 10 nitrogen and oxygen atoms in total. The van der Waals surface area contributed by atoms with E-state index in [2.05, 4.69) is 33.2 Å². The van der Waals surface area contributed by atoms with Crippen LogP contribution in [0.4, 0.5) is 0 Å². The Hall–Kier alpha value is -2.82. The topological polar surface area (TPSA) is 132 Å². The molecule has 32 heavy (non-hydrogen) atoms. The third kappa shape index (κ3) is 5.70. The number of fused-ring (bicyclic) bond motifs is 4. The molecule has 174 valence electrons. The fraction of sp³-hybridized carbons (Fsp3) is 0.571. The van der Waals surface area contributed by atoms with Crippen molar-refractivity contribution in [1.82, 2.24) is 15.6 Å². The largest absolute Gasteiger partial charge is 0.473 e. The Kier molecular flexibility index (Phi) is 7.60. The smallest absolute Gasteiger partial charge is 0.329 e. The first-order valence-electron chi connectivity index (χ1n) is 10.4. The number of ether oxygens (including phenoxy) is 2. The van der Waals surface area contributed by atoms with Crippen LogP contribution in [0.2, 0.25) is 0 Å². The Morgan fingerprint density at radius 3 is 2.84 bits per heavy atom. The number of aliphatic imine (C=N–C) groups is 1. The van der Waals surface area contributed by atoms with E-state index in [9.17, 15) is 14.4 Å². The van der Waals surface area contributed by atoms with Crippen molar-refractivity contribution in [2.75, 3.05) is 12.4 Å². The maximum absolute atomic E-state index is 13.0. The Balaban J connectivity index is 1.92. The van der Waals surface area contributed by atoms with E-state index in [0.29, 0.717) is 17.9 Å². The fourth-order valence-corrected chi connectivity index (χ4v) is 3.30. The molecule has 3 heterocycles. The number of amides is 2. The average Bonchev–Trinajstić information content (AvgIpc) is 3.37. The van der Waals surface area contributed by atoms with Crippen LogP contribution < -0.4 is 10.6 Å². The van der Waals surface area contributed by atoms with Crippen molar-refractivity contribution in [3.05, 3.63) is 30.0 Å². The quantitative estimate of drug-likeness (QED) is 0.346. The third-order valence-corrected chi connectivity index (χ3v) is 5.30. The SMILES string of the molecule is CC(C)[C@@H]1NC(=O)[C@]2(C)COC(=N2)c2coc(n2)CNC(=O)CC(/C=C/CCS)OC1=O. The summed E-state index contributed by atoms with van der Waals surface area (Å²) in [5.74, 6) is -0.678. The van der Waals surface area contributed by atoms with Crippen LogP contribution in [0.5, 0.6) is 0 Å². The summed E-state index contributed by atoms with van der Waals surface area (Å²) in [6.45, 7) is 5.23. The van der Waals surface area contributed by atoms with Crippen molar-refractivity contribution in [2.45, 2.75) is 57.8 Å². The molecule has 0 saturated carbocycles. The van der Waals surface area contributed by atoms with E-state index < -0.39 is 29.6 Å². The number of oxazole rings is 1.